The molecule has 8 heteroatoms. The Hall–Kier alpha value is -2.48. The first-order chi connectivity index (χ1) is 13.1. The van der Waals surface area contributed by atoms with Crippen LogP contribution in [0.5, 0.6) is 11.5 Å². The maximum absolute atomic E-state index is 12.8. The van der Waals surface area contributed by atoms with Crippen molar-refractivity contribution in [1.82, 2.24) is 15.1 Å². The molecule has 3 amide bonds. The topological polar surface area (TPSA) is 97.1 Å². The molecule has 3 atom stereocenters. The number of piperidine rings is 3. The number of fused-ring (bicyclic) bond motifs is 3. The third-order valence-corrected chi connectivity index (χ3v) is 6.55. The van der Waals surface area contributed by atoms with Gasteiger partial charge in [0.05, 0.1) is 12.6 Å². The van der Waals surface area contributed by atoms with Crippen molar-refractivity contribution in [1.29, 1.82) is 0 Å². The Bertz CT molecular complexity index is 777. The first-order valence-corrected chi connectivity index (χ1v) is 9.58. The molecule has 144 valence electrons. The lowest BCUT2D eigenvalue weighted by molar-refractivity contribution is -0.134. The molecule has 0 aromatic heterocycles. The highest BCUT2D eigenvalue weighted by Crippen LogP contribution is 2.47. The van der Waals surface area contributed by atoms with Crippen LogP contribution in [0, 0.1) is 5.92 Å². The van der Waals surface area contributed by atoms with Gasteiger partial charge in [-0.05, 0) is 49.5 Å². The number of urea groups is 1. The summed E-state index contributed by atoms with van der Waals surface area (Å²) in [6.45, 7) is 3.05. The number of primary amides is 1. The molecular formula is C19H24N4O4. The van der Waals surface area contributed by atoms with E-state index >= 15 is 0 Å². The number of rotatable bonds is 3. The van der Waals surface area contributed by atoms with Gasteiger partial charge in [-0.2, -0.15) is 0 Å². The SMILES string of the molecule is NC(=O)NCC(=O)N1C[C@H](c2ccc3c(c2)OCO3)[C@H]2[C@@H]1C1CCN2CC1. The van der Waals surface area contributed by atoms with Crippen LogP contribution < -0.4 is 20.5 Å². The minimum Gasteiger partial charge on any atom is -0.454 e. The van der Waals surface area contributed by atoms with Gasteiger partial charge in [-0.1, -0.05) is 6.07 Å². The van der Waals surface area contributed by atoms with E-state index in [1.165, 1.54) is 5.56 Å². The number of nitrogens with two attached hydrogens (primary N) is 1. The molecule has 8 nitrogen and oxygen atoms in total. The van der Waals surface area contributed by atoms with Crippen LogP contribution in [-0.2, 0) is 4.79 Å². The van der Waals surface area contributed by atoms with Crippen LogP contribution in [0.2, 0.25) is 0 Å². The van der Waals surface area contributed by atoms with Crippen molar-refractivity contribution in [2.75, 3.05) is 33.0 Å². The molecule has 0 aliphatic carbocycles. The van der Waals surface area contributed by atoms with Crippen LogP contribution in [0.3, 0.4) is 0 Å². The second-order valence-electron chi connectivity index (χ2n) is 7.84. The summed E-state index contributed by atoms with van der Waals surface area (Å²) in [6, 6.07) is 5.96. The fourth-order valence-electron chi connectivity index (χ4n) is 5.41. The highest BCUT2D eigenvalue weighted by atomic mass is 16.7. The maximum Gasteiger partial charge on any atom is 0.312 e. The Morgan fingerprint density at radius 2 is 1.93 bits per heavy atom. The molecule has 3 N–H and O–H groups in total. The average Bonchev–Trinajstić information content (AvgIpc) is 3.32. The number of benzene rings is 1. The van der Waals surface area contributed by atoms with E-state index in [0.717, 1.165) is 37.4 Å². The molecule has 0 unspecified atom stereocenters. The van der Waals surface area contributed by atoms with Crippen molar-refractivity contribution in [2.45, 2.75) is 30.8 Å². The van der Waals surface area contributed by atoms with Gasteiger partial charge in [0.1, 0.15) is 0 Å². The van der Waals surface area contributed by atoms with Crippen LogP contribution in [-0.4, -0.2) is 66.8 Å². The van der Waals surface area contributed by atoms with E-state index in [4.69, 9.17) is 15.2 Å². The largest absolute Gasteiger partial charge is 0.454 e. The van der Waals surface area contributed by atoms with Crippen molar-refractivity contribution in [2.24, 2.45) is 11.7 Å². The van der Waals surface area contributed by atoms with Gasteiger partial charge in [-0.15, -0.1) is 0 Å². The molecule has 4 saturated heterocycles. The van der Waals surface area contributed by atoms with Gasteiger partial charge in [0, 0.05) is 18.5 Å². The fourth-order valence-corrected chi connectivity index (χ4v) is 5.41. The molecular weight excluding hydrogens is 348 g/mol. The average molecular weight is 372 g/mol. The second-order valence-corrected chi connectivity index (χ2v) is 7.84. The van der Waals surface area contributed by atoms with Crippen molar-refractivity contribution in [3.63, 3.8) is 0 Å². The highest BCUT2D eigenvalue weighted by Gasteiger charge is 2.54. The molecule has 0 spiro atoms. The van der Waals surface area contributed by atoms with Gasteiger partial charge >= 0.3 is 6.03 Å². The van der Waals surface area contributed by atoms with E-state index in [-0.39, 0.29) is 31.2 Å². The maximum atomic E-state index is 12.8. The van der Waals surface area contributed by atoms with E-state index in [0.29, 0.717) is 18.5 Å². The Morgan fingerprint density at radius 3 is 2.70 bits per heavy atom. The van der Waals surface area contributed by atoms with E-state index in [9.17, 15) is 9.59 Å². The predicted octanol–water partition coefficient (Wildman–Crippen LogP) is 0.472. The van der Waals surface area contributed by atoms with Crippen molar-refractivity contribution in [3.8, 4) is 11.5 Å². The number of nitrogens with zero attached hydrogens (tertiary/aromatic N) is 2. The van der Waals surface area contributed by atoms with Gasteiger partial charge in [-0.25, -0.2) is 4.79 Å². The van der Waals surface area contributed by atoms with E-state index in [2.05, 4.69) is 22.3 Å². The van der Waals surface area contributed by atoms with E-state index < -0.39 is 6.03 Å². The van der Waals surface area contributed by atoms with Crippen molar-refractivity contribution >= 4 is 11.9 Å². The molecule has 4 fully saturated rings. The van der Waals surface area contributed by atoms with Crippen molar-refractivity contribution in [3.05, 3.63) is 23.8 Å². The molecule has 5 aliphatic heterocycles. The lowest BCUT2D eigenvalue weighted by Crippen LogP contribution is -2.61. The van der Waals surface area contributed by atoms with Crippen molar-refractivity contribution < 1.29 is 19.1 Å². The molecule has 2 bridgehead atoms. The predicted molar refractivity (Wildman–Crippen MR) is 96.5 cm³/mol. The minimum absolute atomic E-state index is 0.0425. The quantitative estimate of drug-likeness (QED) is 0.804. The van der Waals surface area contributed by atoms with Gasteiger partial charge in [0.2, 0.25) is 12.7 Å². The molecule has 27 heavy (non-hydrogen) atoms. The van der Waals surface area contributed by atoms with Crippen LogP contribution in [0.15, 0.2) is 18.2 Å². The second kappa shape index (κ2) is 6.30. The lowest BCUT2D eigenvalue weighted by atomic mass is 9.75. The molecule has 0 saturated carbocycles. The fraction of sp³-hybridized carbons (Fsp3) is 0.579. The number of ether oxygens (including phenoxy) is 2. The number of carbonyl (C=O) groups excluding carboxylic acids is 2. The van der Waals surface area contributed by atoms with Gasteiger partial charge in [0.15, 0.2) is 11.5 Å². The summed E-state index contributed by atoms with van der Waals surface area (Å²) in [7, 11) is 0. The number of hydrogen-bond donors (Lipinski definition) is 2. The molecule has 1 aromatic rings. The molecule has 1 aromatic carbocycles. The summed E-state index contributed by atoms with van der Waals surface area (Å²) in [5, 5.41) is 2.45. The van der Waals surface area contributed by atoms with Crippen LogP contribution in [0.4, 0.5) is 4.79 Å². The first-order valence-electron chi connectivity index (χ1n) is 9.58. The summed E-state index contributed by atoms with van der Waals surface area (Å²) in [6.07, 6.45) is 2.25. The Morgan fingerprint density at radius 1 is 1.15 bits per heavy atom. The monoisotopic (exact) mass is 372 g/mol. The Balaban J connectivity index is 1.45. The van der Waals surface area contributed by atoms with Gasteiger partial charge in [0.25, 0.3) is 0 Å². The molecule has 6 rings (SSSR count). The minimum atomic E-state index is -0.666. The van der Waals surface area contributed by atoms with Crippen LogP contribution in [0.25, 0.3) is 0 Å². The smallest absolute Gasteiger partial charge is 0.312 e. The third kappa shape index (κ3) is 2.70. The van der Waals surface area contributed by atoms with Gasteiger partial charge in [-0.3, -0.25) is 9.69 Å². The summed E-state index contributed by atoms with van der Waals surface area (Å²) in [5.74, 6) is 2.25. The van der Waals surface area contributed by atoms with Gasteiger partial charge < -0.3 is 25.4 Å². The van der Waals surface area contributed by atoms with Crippen LogP contribution >= 0.6 is 0 Å². The molecule has 5 aliphatic rings. The Kier molecular flexibility index (Phi) is 3.89. The lowest BCUT2D eigenvalue weighted by Gasteiger charge is -2.51. The zero-order valence-corrected chi connectivity index (χ0v) is 15.1. The molecule has 0 radical (unpaired) electrons. The first kappa shape index (κ1) is 16.7. The number of likely N-dealkylation sites (tertiary alicyclic amines) is 1. The molecule has 5 heterocycles. The zero-order valence-electron chi connectivity index (χ0n) is 15.1. The Labute approximate surface area is 157 Å². The number of nitrogens with one attached hydrogen (secondary N) is 1. The summed E-state index contributed by atoms with van der Waals surface area (Å²) in [5.41, 5.74) is 6.33. The summed E-state index contributed by atoms with van der Waals surface area (Å²) < 4.78 is 11.0. The number of hydrogen-bond acceptors (Lipinski definition) is 5. The summed E-state index contributed by atoms with van der Waals surface area (Å²) >= 11 is 0. The summed E-state index contributed by atoms with van der Waals surface area (Å²) in [4.78, 5) is 28.4. The van der Waals surface area contributed by atoms with E-state index in [1.807, 2.05) is 11.0 Å². The normalized spacial score (nSPS) is 33.0. The zero-order chi connectivity index (χ0) is 18.5. The van der Waals surface area contributed by atoms with Crippen LogP contribution in [0.1, 0.15) is 24.3 Å². The number of amides is 3. The highest BCUT2D eigenvalue weighted by molar-refractivity contribution is 5.84. The standard InChI is InChI=1S/C19H24N4O4/c20-19(25)21-8-16(24)23-9-13(12-1-2-14-15(7-12)27-10-26-14)18-17(23)11-3-5-22(18)6-4-11/h1-2,7,11,13,17-18H,3-6,8-10H2,(H3,20,21,25)/t13-,17+,18+/m1/s1. The number of carbonyl (C=O) groups is 2. The van der Waals surface area contributed by atoms with E-state index in [1.54, 1.807) is 0 Å². The third-order valence-electron chi connectivity index (χ3n) is 6.55.